The number of nitrogens with one attached hydrogen (secondary N) is 1. The van der Waals surface area contributed by atoms with E-state index >= 15 is 0 Å². The maximum absolute atomic E-state index is 13.1. The van der Waals surface area contributed by atoms with Gasteiger partial charge in [0.1, 0.15) is 5.82 Å². The third-order valence-corrected chi connectivity index (χ3v) is 6.37. The summed E-state index contributed by atoms with van der Waals surface area (Å²) in [5.74, 6) is -0.769. The first-order valence-corrected chi connectivity index (χ1v) is 10.4. The number of amides is 1. The molecule has 0 spiro atoms. The number of halogens is 1. The van der Waals surface area contributed by atoms with E-state index in [2.05, 4.69) is 5.32 Å². The van der Waals surface area contributed by atoms with Crippen LogP contribution >= 0.6 is 0 Å². The summed E-state index contributed by atoms with van der Waals surface area (Å²) in [7, 11) is -2.36. The van der Waals surface area contributed by atoms with Crippen molar-refractivity contribution in [3.8, 4) is 0 Å². The summed E-state index contributed by atoms with van der Waals surface area (Å²) in [6.07, 6.45) is 0. The van der Waals surface area contributed by atoms with Gasteiger partial charge in [-0.1, -0.05) is 36.4 Å². The van der Waals surface area contributed by atoms with Gasteiger partial charge in [-0.05, 0) is 55.0 Å². The third-order valence-electron chi connectivity index (χ3n) is 4.59. The van der Waals surface area contributed by atoms with Crippen LogP contribution in [0.1, 0.15) is 28.9 Å². The van der Waals surface area contributed by atoms with Crippen molar-refractivity contribution >= 4 is 21.6 Å². The van der Waals surface area contributed by atoms with Crippen LogP contribution in [0.5, 0.6) is 0 Å². The van der Waals surface area contributed by atoms with Crippen LogP contribution in [0.3, 0.4) is 0 Å². The molecule has 3 aromatic carbocycles. The molecular weight excluding hydrogens is 391 g/mol. The van der Waals surface area contributed by atoms with E-state index in [0.29, 0.717) is 5.69 Å². The molecule has 3 rings (SSSR count). The fraction of sp³-hybridized carbons (Fsp3) is 0.136. The molecule has 1 amide bonds. The molecule has 1 N–H and O–H groups in total. The minimum absolute atomic E-state index is 0.0194. The fourth-order valence-corrected chi connectivity index (χ4v) is 4.09. The van der Waals surface area contributed by atoms with Gasteiger partial charge < -0.3 is 5.32 Å². The van der Waals surface area contributed by atoms with Crippen molar-refractivity contribution in [1.82, 2.24) is 5.32 Å². The first-order valence-electron chi connectivity index (χ1n) is 8.99. The molecule has 0 aliphatic rings. The van der Waals surface area contributed by atoms with Crippen molar-refractivity contribution in [1.29, 1.82) is 0 Å². The van der Waals surface area contributed by atoms with Gasteiger partial charge in [-0.3, -0.25) is 9.10 Å². The Morgan fingerprint density at radius 3 is 2.28 bits per heavy atom. The topological polar surface area (TPSA) is 66.5 Å². The van der Waals surface area contributed by atoms with Crippen LogP contribution in [-0.2, 0) is 10.0 Å². The van der Waals surface area contributed by atoms with Gasteiger partial charge in [-0.2, -0.15) is 0 Å². The van der Waals surface area contributed by atoms with Crippen LogP contribution in [0.2, 0.25) is 0 Å². The van der Waals surface area contributed by atoms with Gasteiger partial charge in [0.05, 0.1) is 16.6 Å². The Balaban J connectivity index is 1.81. The number of benzene rings is 3. The Hall–Kier alpha value is -3.19. The zero-order chi connectivity index (χ0) is 21.0. The van der Waals surface area contributed by atoms with E-state index in [1.165, 1.54) is 41.7 Å². The lowest BCUT2D eigenvalue weighted by Gasteiger charge is -2.20. The van der Waals surface area contributed by atoms with E-state index in [1.54, 1.807) is 55.5 Å². The van der Waals surface area contributed by atoms with Crippen molar-refractivity contribution in [2.75, 3.05) is 11.4 Å². The molecule has 5 nitrogen and oxygen atoms in total. The highest BCUT2D eigenvalue weighted by atomic mass is 32.2. The number of para-hydroxylation sites is 1. The summed E-state index contributed by atoms with van der Waals surface area (Å²) in [4.78, 5) is 12.6. The lowest BCUT2D eigenvalue weighted by atomic mass is 10.1. The monoisotopic (exact) mass is 412 g/mol. The molecule has 7 heteroatoms. The summed E-state index contributed by atoms with van der Waals surface area (Å²) in [5, 5.41) is 2.80. The molecule has 0 fully saturated rings. The second-order valence-electron chi connectivity index (χ2n) is 6.58. The standard InChI is InChI=1S/C22H21FN2O3S/c1-16(17-11-13-19(23)14-12-17)24-22(26)18-7-6-10-21(15-18)29(27,28)25(2)20-8-4-3-5-9-20/h3-16H,1-2H3,(H,24,26)/t16-/m1/s1. The SMILES string of the molecule is C[C@@H](NC(=O)c1cccc(S(=O)(=O)N(C)c2ccccc2)c1)c1ccc(F)cc1. The van der Waals surface area contributed by atoms with Crippen molar-refractivity contribution in [2.24, 2.45) is 0 Å². The Morgan fingerprint density at radius 1 is 0.966 bits per heavy atom. The molecule has 0 aliphatic carbocycles. The predicted octanol–water partition coefficient (Wildman–Crippen LogP) is 4.14. The van der Waals surface area contributed by atoms with Gasteiger partial charge in [0.15, 0.2) is 0 Å². The highest BCUT2D eigenvalue weighted by Crippen LogP contribution is 2.22. The summed E-state index contributed by atoms with van der Waals surface area (Å²) in [6.45, 7) is 1.77. The van der Waals surface area contributed by atoms with Gasteiger partial charge >= 0.3 is 0 Å². The van der Waals surface area contributed by atoms with Gasteiger partial charge in [0.2, 0.25) is 0 Å². The van der Waals surface area contributed by atoms with Crippen molar-refractivity contribution < 1.29 is 17.6 Å². The van der Waals surface area contributed by atoms with Gasteiger partial charge in [-0.25, -0.2) is 12.8 Å². The molecule has 0 aromatic heterocycles. The summed E-state index contributed by atoms with van der Waals surface area (Å²) < 4.78 is 40.1. The lowest BCUT2D eigenvalue weighted by molar-refractivity contribution is 0.0939. The maximum atomic E-state index is 13.1. The number of nitrogens with zero attached hydrogens (tertiary/aromatic N) is 1. The molecule has 0 unspecified atom stereocenters. The number of rotatable bonds is 6. The Kier molecular flexibility index (Phi) is 5.98. The van der Waals surface area contributed by atoms with Gasteiger partial charge in [0, 0.05) is 12.6 Å². The second-order valence-corrected chi connectivity index (χ2v) is 8.55. The van der Waals surface area contributed by atoms with Crippen molar-refractivity contribution in [2.45, 2.75) is 17.9 Å². The molecule has 150 valence electrons. The largest absolute Gasteiger partial charge is 0.346 e. The van der Waals surface area contributed by atoms with Crippen molar-refractivity contribution in [3.05, 3.63) is 95.8 Å². The number of anilines is 1. The first-order chi connectivity index (χ1) is 13.8. The molecule has 3 aromatic rings. The van der Waals surface area contributed by atoms with E-state index in [4.69, 9.17) is 0 Å². The van der Waals surface area contributed by atoms with Crippen LogP contribution in [-0.4, -0.2) is 21.4 Å². The average Bonchev–Trinajstić information content (AvgIpc) is 2.74. The average molecular weight is 412 g/mol. The lowest BCUT2D eigenvalue weighted by Crippen LogP contribution is -2.28. The van der Waals surface area contributed by atoms with Crippen LogP contribution in [0.25, 0.3) is 0 Å². The first kappa shape index (κ1) is 20.5. The molecule has 0 radical (unpaired) electrons. The second kappa shape index (κ2) is 8.45. The van der Waals surface area contributed by atoms with E-state index in [-0.39, 0.29) is 22.3 Å². The van der Waals surface area contributed by atoms with Crippen LogP contribution in [0, 0.1) is 5.82 Å². The van der Waals surface area contributed by atoms with Crippen LogP contribution < -0.4 is 9.62 Å². The van der Waals surface area contributed by atoms with Crippen LogP contribution in [0.15, 0.2) is 83.8 Å². The summed E-state index contributed by atoms with van der Waals surface area (Å²) in [5.41, 5.74) is 1.49. The molecule has 0 saturated carbocycles. The Bertz CT molecular complexity index is 1100. The Morgan fingerprint density at radius 2 is 1.62 bits per heavy atom. The number of hydrogen-bond acceptors (Lipinski definition) is 3. The number of carbonyl (C=O) groups is 1. The zero-order valence-corrected chi connectivity index (χ0v) is 16.9. The molecule has 0 saturated heterocycles. The normalized spacial score (nSPS) is 12.2. The molecule has 0 aliphatic heterocycles. The highest BCUT2D eigenvalue weighted by molar-refractivity contribution is 7.92. The molecule has 29 heavy (non-hydrogen) atoms. The number of hydrogen-bond donors (Lipinski definition) is 1. The Labute approximate surface area is 169 Å². The third kappa shape index (κ3) is 4.63. The molecular formula is C22H21FN2O3S. The van der Waals surface area contributed by atoms with E-state index in [0.717, 1.165) is 5.56 Å². The van der Waals surface area contributed by atoms with Crippen LogP contribution in [0.4, 0.5) is 10.1 Å². The highest BCUT2D eigenvalue weighted by Gasteiger charge is 2.22. The summed E-state index contributed by atoms with van der Waals surface area (Å²) >= 11 is 0. The maximum Gasteiger partial charge on any atom is 0.264 e. The fourth-order valence-electron chi connectivity index (χ4n) is 2.85. The number of carbonyl (C=O) groups excluding carboxylic acids is 1. The quantitative estimate of drug-likeness (QED) is 0.662. The molecule has 0 bridgehead atoms. The van der Waals surface area contributed by atoms with E-state index in [9.17, 15) is 17.6 Å². The number of sulfonamides is 1. The van der Waals surface area contributed by atoms with Gasteiger partial charge in [0.25, 0.3) is 15.9 Å². The summed E-state index contributed by atoms with van der Waals surface area (Å²) in [6, 6.07) is 20.0. The van der Waals surface area contributed by atoms with E-state index < -0.39 is 15.9 Å². The molecule has 0 heterocycles. The molecule has 1 atom stereocenters. The van der Waals surface area contributed by atoms with Crippen molar-refractivity contribution in [3.63, 3.8) is 0 Å². The smallest absolute Gasteiger partial charge is 0.264 e. The zero-order valence-electron chi connectivity index (χ0n) is 16.0. The minimum Gasteiger partial charge on any atom is -0.346 e. The van der Waals surface area contributed by atoms with E-state index in [1.807, 2.05) is 0 Å². The predicted molar refractivity (Wildman–Crippen MR) is 111 cm³/mol. The minimum atomic E-state index is -3.82. The van der Waals surface area contributed by atoms with Gasteiger partial charge in [-0.15, -0.1) is 0 Å².